The van der Waals surface area contributed by atoms with E-state index >= 15 is 0 Å². The Morgan fingerprint density at radius 1 is 0.793 bits per heavy atom. The maximum atomic E-state index is 13.0. The molecule has 0 aromatic heterocycles. The van der Waals surface area contributed by atoms with Gasteiger partial charge >= 0.3 is 31.9 Å². The Kier molecular flexibility index (Phi) is 10.3. The minimum atomic E-state index is -4.28. The Morgan fingerprint density at radius 2 is 1.31 bits per heavy atom. The van der Waals surface area contributed by atoms with Crippen LogP contribution in [0.15, 0.2) is 24.6 Å². The molecular weight excluding hydrogens is 466 g/mol. The Balaban J connectivity index is 5.81. The summed E-state index contributed by atoms with van der Waals surface area (Å²) in [7, 11) is -13.2. The van der Waals surface area contributed by atoms with E-state index in [0.29, 0.717) is 0 Å². The van der Waals surface area contributed by atoms with E-state index in [9.17, 15) is 13.2 Å². The van der Waals surface area contributed by atoms with Gasteiger partial charge in [0.2, 0.25) is 0 Å². The zero-order valence-electron chi connectivity index (χ0n) is 19.5. The summed E-state index contributed by atoms with van der Waals surface area (Å²) < 4.78 is 64.5. The van der Waals surface area contributed by atoms with Crippen molar-refractivity contribution in [2.24, 2.45) is 0 Å². The molecule has 0 fully saturated rings. The number of hydrogen-bond acceptors (Lipinski definition) is 4. The lowest BCUT2D eigenvalue weighted by atomic mass is 10.5. The second-order valence-electron chi connectivity index (χ2n) is 9.20. The van der Waals surface area contributed by atoms with Gasteiger partial charge in [0.15, 0.2) is 16.6 Å². The van der Waals surface area contributed by atoms with Gasteiger partial charge in [0, 0.05) is 6.42 Å². The largest absolute Gasteiger partial charge is 0.436 e. The molecule has 0 bridgehead atoms. The molecule has 0 aromatic rings. The first-order valence-corrected chi connectivity index (χ1v) is 23.7. The van der Waals surface area contributed by atoms with Crippen molar-refractivity contribution in [1.29, 1.82) is 0 Å². The Hall–Kier alpha value is 0.194. The van der Waals surface area contributed by atoms with E-state index in [4.69, 9.17) is 16.5 Å². The Bertz CT molecular complexity index is 572. The smallest absolute Gasteiger partial charge is 0.389 e. The van der Waals surface area contributed by atoms with Gasteiger partial charge in [0.1, 0.15) is 0 Å². The highest BCUT2D eigenvalue weighted by atomic mass is 28.5. The fourth-order valence-corrected chi connectivity index (χ4v) is 24.7. The zero-order valence-corrected chi connectivity index (χ0v) is 24.5. The van der Waals surface area contributed by atoms with Crippen molar-refractivity contribution in [1.82, 2.24) is 0 Å². The van der Waals surface area contributed by atoms with Crippen LogP contribution in [-0.2, 0) is 16.5 Å². The fourth-order valence-electron chi connectivity index (χ4n) is 2.87. The minimum Gasteiger partial charge on any atom is -0.436 e. The minimum absolute atomic E-state index is 0.208. The predicted molar refractivity (Wildman–Crippen MR) is 126 cm³/mol. The molecule has 0 N–H and O–H groups in total. The number of alkyl halides is 3. The van der Waals surface area contributed by atoms with Crippen LogP contribution in [0.2, 0.25) is 64.5 Å². The number of halogens is 3. The zero-order chi connectivity index (χ0) is 23.4. The highest BCUT2D eigenvalue weighted by molar-refractivity contribution is 6.93. The van der Waals surface area contributed by atoms with Crippen molar-refractivity contribution in [3.63, 3.8) is 0 Å². The molecule has 2 unspecified atom stereocenters. The number of rotatable bonds is 13. The van der Waals surface area contributed by atoms with Gasteiger partial charge in [-0.25, -0.2) is 0 Å². The van der Waals surface area contributed by atoms with Gasteiger partial charge in [-0.15, -0.1) is 13.2 Å². The summed E-state index contributed by atoms with van der Waals surface area (Å²) in [5.41, 5.74) is 3.39. The molecule has 2 atom stereocenters. The van der Waals surface area contributed by atoms with Crippen LogP contribution in [0.1, 0.15) is 13.3 Å². The standard InChI is InChI=1S/C17H39F3O4Si5/c1-12-25(4,5)21-27(8,9)23-29(11,16-15-17(18,19)20)24-28(10,14-3)22-26(6,7)13-2/h13-14H,2-3,12,15-16H2,1,4-11H3. The van der Waals surface area contributed by atoms with Gasteiger partial charge in [0.25, 0.3) is 0 Å². The van der Waals surface area contributed by atoms with Crippen molar-refractivity contribution in [2.75, 3.05) is 0 Å². The SMILES string of the molecule is C=C[Si](C)(C)O[Si](C)(C=C)O[Si](C)(CCC(F)(F)F)O[Si](C)(C)O[Si](C)(C)CC. The molecular formula is C17H39F3O4Si5. The molecule has 0 saturated carbocycles. The van der Waals surface area contributed by atoms with Gasteiger partial charge in [-0.3, -0.25) is 0 Å². The molecule has 0 spiro atoms. The van der Waals surface area contributed by atoms with Crippen LogP contribution in [0.25, 0.3) is 0 Å². The maximum Gasteiger partial charge on any atom is 0.389 e. The van der Waals surface area contributed by atoms with Crippen LogP contribution in [0.3, 0.4) is 0 Å². The lowest BCUT2D eigenvalue weighted by Gasteiger charge is -2.43. The van der Waals surface area contributed by atoms with Gasteiger partial charge in [-0.05, 0) is 64.5 Å². The van der Waals surface area contributed by atoms with Crippen molar-refractivity contribution in [3.05, 3.63) is 24.6 Å². The summed E-state index contributed by atoms with van der Waals surface area (Å²) in [4.78, 5) is 0. The summed E-state index contributed by atoms with van der Waals surface area (Å²) in [6, 6.07) is 0.691. The fraction of sp³-hybridized carbons (Fsp3) is 0.765. The average Bonchev–Trinajstić information content (AvgIpc) is 2.50. The lowest BCUT2D eigenvalue weighted by Crippen LogP contribution is -2.60. The molecule has 0 rings (SSSR count). The highest BCUT2D eigenvalue weighted by Crippen LogP contribution is 2.33. The molecule has 0 heterocycles. The molecule has 4 nitrogen and oxygen atoms in total. The van der Waals surface area contributed by atoms with E-state index in [-0.39, 0.29) is 6.04 Å². The highest BCUT2D eigenvalue weighted by Gasteiger charge is 2.49. The van der Waals surface area contributed by atoms with Crippen LogP contribution in [0.4, 0.5) is 13.2 Å². The molecule has 0 radical (unpaired) electrons. The van der Waals surface area contributed by atoms with Crippen molar-refractivity contribution in [2.45, 2.75) is 84.0 Å². The maximum absolute atomic E-state index is 13.0. The topological polar surface area (TPSA) is 36.9 Å². The van der Waals surface area contributed by atoms with Crippen LogP contribution in [0.5, 0.6) is 0 Å². The third-order valence-electron chi connectivity index (χ3n) is 4.44. The van der Waals surface area contributed by atoms with E-state index in [1.807, 2.05) is 26.2 Å². The summed E-state index contributed by atoms with van der Waals surface area (Å²) >= 11 is 0. The molecule has 172 valence electrons. The van der Waals surface area contributed by atoms with Crippen LogP contribution >= 0.6 is 0 Å². The summed E-state index contributed by atoms with van der Waals surface area (Å²) in [5.74, 6) is 0. The molecule has 0 aliphatic carbocycles. The molecule has 29 heavy (non-hydrogen) atoms. The third-order valence-corrected chi connectivity index (χ3v) is 24.0. The third kappa shape index (κ3) is 12.0. The summed E-state index contributed by atoms with van der Waals surface area (Å²) in [6.07, 6.45) is -5.24. The number of hydrogen-bond donors (Lipinski definition) is 0. The molecule has 0 aliphatic rings. The van der Waals surface area contributed by atoms with Gasteiger partial charge in [-0.1, -0.05) is 18.3 Å². The van der Waals surface area contributed by atoms with Gasteiger partial charge in [0.05, 0.1) is 0 Å². The average molecular weight is 505 g/mol. The van der Waals surface area contributed by atoms with E-state index in [2.05, 4.69) is 33.2 Å². The van der Waals surface area contributed by atoms with Crippen molar-refractivity contribution < 1.29 is 29.6 Å². The van der Waals surface area contributed by atoms with Gasteiger partial charge in [-0.2, -0.15) is 13.2 Å². The first-order valence-electron chi connectivity index (χ1n) is 9.86. The molecule has 12 heteroatoms. The molecule has 0 aromatic carbocycles. The Morgan fingerprint density at radius 3 is 1.69 bits per heavy atom. The molecule has 0 aliphatic heterocycles. The second kappa shape index (κ2) is 10.2. The van der Waals surface area contributed by atoms with E-state index < -0.39 is 54.9 Å². The van der Waals surface area contributed by atoms with E-state index in [0.717, 1.165) is 6.04 Å². The molecule has 0 amide bonds. The normalized spacial score (nSPS) is 18.1. The first kappa shape index (κ1) is 29.2. The quantitative estimate of drug-likeness (QED) is 0.261. The lowest BCUT2D eigenvalue weighted by molar-refractivity contribution is -0.131. The van der Waals surface area contributed by atoms with E-state index in [1.165, 1.54) is 0 Å². The summed E-state index contributed by atoms with van der Waals surface area (Å²) in [6.45, 7) is 25.1. The monoisotopic (exact) mass is 504 g/mol. The van der Waals surface area contributed by atoms with Crippen LogP contribution in [-0.4, -0.2) is 48.5 Å². The molecule has 0 saturated heterocycles. The van der Waals surface area contributed by atoms with Crippen LogP contribution in [0, 0.1) is 0 Å². The van der Waals surface area contributed by atoms with E-state index in [1.54, 1.807) is 24.5 Å². The van der Waals surface area contributed by atoms with Crippen molar-refractivity contribution >= 4 is 42.3 Å². The second-order valence-corrected chi connectivity index (χ2v) is 28.3. The predicted octanol–water partition coefficient (Wildman–Crippen LogP) is 6.73. The van der Waals surface area contributed by atoms with Gasteiger partial charge < -0.3 is 16.5 Å². The summed E-state index contributed by atoms with van der Waals surface area (Å²) in [5, 5.41) is 0. The first-order chi connectivity index (χ1) is 12.7. The Labute approximate surface area is 180 Å². The van der Waals surface area contributed by atoms with Crippen molar-refractivity contribution in [3.8, 4) is 0 Å². The van der Waals surface area contributed by atoms with Crippen LogP contribution < -0.4 is 0 Å².